The first-order valence-electron chi connectivity index (χ1n) is 5.90. The van der Waals surface area contributed by atoms with Gasteiger partial charge < -0.3 is 4.74 Å². The van der Waals surface area contributed by atoms with Crippen LogP contribution < -0.4 is 4.74 Å². The summed E-state index contributed by atoms with van der Waals surface area (Å²) in [4.78, 5) is 0. The molecule has 0 unspecified atom stereocenters. The highest BCUT2D eigenvalue weighted by Crippen LogP contribution is 2.22. The van der Waals surface area contributed by atoms with E-state index in [0.717, 1.165) is 16.9 Å². The minimum absolute atomic E-state index is 0.325. The van der Waals surface area contributed by atoms with Crippen LogP contribution in [0.15, 0.2) is 42.5 Å². The highest BCUT2D eigenvalue weighted by molar-refractivity contribution is 6.33. The Bertz CT molecular complexity index is 639. The second-order valence-electron chi connectivity index (χ2n) is 3.98. The summed E-state index contributed by atoms with van der Waals surface area (Å²) in [5.41, 5.74) is 1.75. The van der Waals surface area contributed by atoms with Gasteiger partial charge in [-0.2, -0.15) is 0 Å². The molecule has 1 nitrogen and oxygen atoms in total. The molecule has 2 aromatic rings. The molecule has 0 amide bonds. The van der Waals surface area contributed by atoms with Gasteiger partial charge in [0, 0.05) is 21.2 Å². The van der Waals surface area contributed by atoms with E-state index in [-0.39, 0.29) is 0 Å². The van der Waals surface area contributed by atoms with Crippen LogP contribution in [0.25, 0.3) is 0 Å². The lowest BCUT2D eigenvalue weighted by molar-refractivity contribution is 0.306. The van der Waals surface area contributed by atoms with Crippen molar-refractivity contribution in [1.29, 1.82) is 0 Å². The van der Waals surface area contributed by atoms with Crippen molar-refractivity contribution in [3.05, 3.63) is 63.6 Å². The number of rotatable bonds is 3. The molecular formula is C16H11Cl3O. The number of hydrogen-bond acceptors (Lipinski definition) is 1. The molecule has 0 fully saturated rings. The Balaban J connectivity index is 2.02. The maximum Gasteiger partial charge on any atom is 0.119 e. The van der Waals surface area contributed by atoms with Crippen LogP contribution in [0.5, 0.6) is 5.75 Å². The van der Waals surface area contributed by atoms with Gasteiger partial charge in [-0.1, -0.05) is 35.0 Å². The van der Waals surface area contributed by atoms with E-state index in [1.807, 2.05) is 24.3 Å². The molecule has 0 N–H and O–H groups in total. The molecule has 0 spiro atoms. The Labute approximate surface area is 133 Å². The highest BCUT2D eigenvalue weighted by Gasteiger charge is 2.02. The molecule has 4 heteroatoms. The summed E-state index contributed by atoms with van der Waals surface area (Å²) in [5.74, 6) is 6.81. The minimum atomic E-state index is 0.325. The highest BCUT2D eigenvalue weighted by atomic mass is 35.5. The summed E-state index contributed by atoms with van der Waals surface area (Å²) in [7, 11) is 0. The Morgan fingerprint density at radius 2 is 1.75 bits per heavy atom. The van der Waals surface area contributed by atoms with Crippen LogP contribution in [0.2, 0.25) is 10.0 Å². The van der Waals surface area contributed by atoms with E-state index in [4.69, 9.17) is 39.5 Å². The first-order chi connectivity index (χ1) is 9.69. The van der Waals surface area contributed by atoms with Crippen molar-refractivity contribution in [3.8, 4) is 17.6 Å². The smallest absolute Gasteiger partial charge is 0.119 e. The summed E-state index contributed by atoms with van der Waals surface area (Å²) >= 11 is 17.5. The second-order valence-corrected chi connectivity index (χ2v) is 5.10. The van der Waals surface area contributed by atoms with Crippen molar-refractivity contribution in [2.45, 2.75) is 6.61 Å². The van der Waals surface area contributed by atoms with Crippen molar-refractivity contribution in [1.82, 2.24) is 0 Å². The van der Waals surface area contributed by atoms with Gasteiger partial charge >= 0.3 is 0 Å². The molecule has 0 radical (unpaired) electrons. The zero-order valence-corrected chi connectivity index (χ0v) is 12.8. The van der Waals surface area contributed by atoms with Crippen molar-refractivity contribution in [3.63, 3.8) is 0 Å². The van der Waals surface area contributed by atoms with Crippen molar-refractivity contribution < 1.29 is 4.74 Å². The van der Waals surface area contributed by atoms with Gasteiger partial charge in [-0.25, -0.2) is 0 Å². The van der Waals surface area contributed by atoms with Crippen LogP contribution >= 0.6 is 34.8 Å². The standard InChI is InChI=1S/C16H11Cl3O/c17-9-1-2-12-3-6-15(7-4-12)20-11-13-10-14(18)5-8-16(13)19/h3-8,10H,9,11H2. The third-order valence-electron chi connectivity index (χ3n) is 2.56. The van der Waals surface area contributed by atoms with E-state index in [9.17, 15) is 0 Å². The normalized spacial score (nSPS) is 9.75. The van der Waals surface area contributed by atoms with Gasteiger partial charge in [0.05, 0.1) is 5.88 Å². The van der Waals surface area contributed by atoms with Gasteiger partial charge in [0.25, 0.3) is 0 Å². The zero-order valence-electron chi connectivity index (χ0n) is 10.5. The molecule has 102 valence electrons. The molecule has 0 aromatic heterocycles. The van der Waals surface area contributed by atoms with Gasteiger partial charge in [0.2, 0.25) is 0 Å². The molecule has 20 heavy (non-hydrogen) atoms. The Hall–Kier alpha value is -1.33. The third kappa shape index (κ3) is 4.35. The summed E-state index contributed by atoms with van der Waals surface area (Å²) < 4.78 is 5.67. The molecule has 0 saturated carbocycles. The number of benzene rings is 2. The summed E-state index contributed by atoms with van der Waals surface area (Å²) in [5, 5.41) is 1.28. The van der Waals surface area contributed by atoms with E-state index >= 15 is 0 Å². The van der Waals surface area contributed by atoms with Crippen LogP contribution in [-0.2, 0) is 6.61 Å². The molecule has 0 aliphatic heterocycles. The second kappa shape index (κ2) is 7.45. The van der Waals surface area contributed by atoms with Gasteiger partial charge in [-0.15, -0.1) is 11.6 Å². The van der Waals surface area contributed by atoms with E-state index in [0.29, 0.717) is 22.5 Å². The first kappa shape index (κ1) is 15.1. The SMILES string of the molecule is ClCC#Cc1ccc(OCc2cc(Cl)ccc2Cl)cc1. The fraction of sp³-hybridized carbons (Fsp3) is 0.125. The van der Waals surface area contributed by atoms with Crippen LogP contribution in [0.3, 0.4) is 0 Å². The topological polar surface area (TPSA) is 9.23 Å². The zero-order chi connectivity index (χ0) is 14.4. The lowest BCUT2D eigenvalue weighted by Crippen LogP contribution is -1.96. The van der Waals surface area contributed by atoms with Crippen LogP contribution in [0.4, 0.5) is 0 Å². The number of hydrogen-bond donors (Lipinski definition) is 0. The molecule has 0 bridgehead atoms. The van der Waals surface area contributed by atoms with Gasteiger partial charge in [0.1, 0.15) is 12.4 Å². The summed E-state index contributed by atoms with van der Waals surface area (Å²) in [6.45, 7) is 0.367. The molecule has 0 aliphatic rings. The van der Waals surface area contributed by atoms with E-state index in [1.165, 1.54) is 0 Å². The minimum Gasteiger partial charge on any atom is -0.489 e. The van der Waals surface area contributed by atoms with Crippen LogP contribution in [0.1, 0.15) is 11.1 Å². The van der Waals surface area contributed by atoms with Gasteiger partial charge in [-0.05, 0) is 42.5 Å². The Morgan fingerprint density at radius 3 is 2.45 bits per heavy atom. The van der Waals surface area contributed by atoms with E-state index in [1.54, 1.807) is 18.2 Å². The molecular weight excluding hydrogens is 315 g/mol. The van der Waals surface area contributed by atoms with Crippen molar-refractivity contribution in [2.24, 2.45) is 0 Å². The molecule has 2 rings (SSSR count). The average Bonchev–Trinajstić information content (AvgIpc) is 2.47. The number of ether oxygens (including phenoxy) is 1. The Kier molecular flexibility index (Phi) is 5.61. The predicted octanol–water partition coefficient (Wildman–Crippen LogP) is 5.16. The molecule has 0 atom stereocenters. The summed E-state index contributed by atoms with van der Waals surface area (Å²) in [6.07, 6.45) is 0. The van der Waals surface area contributed by atoms with Crippen molar-refractivity contribution >= 4 is 34.8 Å². The fourth-order valence-electron chi connectivity index (χ4n) is 1.58. The van der Waals surface area contributed by atoms with Gasteiger partial charge in [0.15, 0.2) is 0 Å². The van der Waals surface area contributed by atoms with Gasteiger partial charge in [-0.3, -0.25) is 0 Å². The first-order valence-corrected chi connectivity index (χ1v) is 7.19. The number of alkyl halides is 1. The maximum atomic E-state index is 6.08. The summed E-state index contributed by atoms with van der Waals surface area (Å²) in [6, 6.07) is 12.8. The van der Waals surface area contributed by atoms with Crippen molar-refractivity contribution in [2.75, 3.05) is 5.88 Å². The number of halogens is 3. The fourth-order valence-corrected chi connectivity index (χ4v) is 2.02. The average molecular weight is 326 g/mol. The van der Waals surface area contributed by atoms with Crippen LogP contribution in [0, 0.1) is 11.8 Å². The monoisotopic (exact) mass is 324 g/mol. The Morgan fingerprint density at radius 1 is 1.00 bits per heavy atom. The molecule has 0 aliphatic carbocycles. The van der Waals surface area contributed by atoms with Crippen LogP contribution in [-0.4, -0.2) is 5.88 Å². The third-order valence-corrected chi connectivity index (χ3v) is 3.29. The van der Waals surface area contributed by atoms with E-state index in [2.05, 4.69) is 11.8 Å². The predicted molar refractivity (Wildman–Crippen MR) is 84.8 cm³/mol. The molecule has 2 aromatic carbocycles. The molecule has 0 saturated heterocycles. The largest absolute Gasteiger partial charge is 0.489 e. The maximum absolute atomic E-state index is 6.08. The lowest BCUT2D eigenvalue weighted by atomic mass is 10.2. The quantitative estimate of drug-likeness (QED) is 0.559. The molecule has 0 heterocycles. The van der Waals surface area contributed by atoms with E-state index < -0.39 is 0 Å². The lowest BCUT2D eigenvalue weighted by Gasteiger charge is -2.08.